The minimum atomic E-state index is -0.453. The molecule has 0 aliphatic carbocycles. The smallest absolute Gasteiger partial charge is 0.350 e. The van der Waals surface area contributed by atoms with Crippen LogP contribution in [0.15, 0.2) is 36.4 Å². The Kier molecular flexibility index (Phi) is 8.20. The number of hydrogen-bond acceptors (Lipinski definition) is 7. The molecule has 166 valence electrons. The summed E-state index contributed by atoms with van der Waals surface area (Å²) in [6.45, 7) is 5.54. The van der Waals surface area contributed by atoms with E-state index < -0.39 is 5.97 Å². The summed E-state index contributed by atoms with van der Waals surface area (Å²) in [5, 5.41) is 2.87. The fourth-order valence-electron chi connectivity index (χ4n) is 3.62. The van der Waals surface area contributed by atoms with E-state index in [-0.39, 0.29) is 30.9 Å². The van der Waals surface area contributed by atoms with Gasteiger partial charge in [0, 0.05) is 11.4 Å². The van der Waals surface area contributed by atoms with E-state index in [4.69, 9.17) is 9.47 Å². The van der Waals surface area contributed by atoms with E-state index in [1.54, 1.807) is 13.8 Å². The Morgan fingerprint density at radius 3 is 2.58 bits per heavy atom. The van der Waals surface area contributed by atoms with Gasteiger partial charge in [-0.25, -0.2) is 4.79 Å². The maximum Gasteiger partial charge on any atom is 0.350 e. The number of amides is 1. The van der Waals surface area contributed by atoms with E-state index in [2.05, 4.69) is 5.32 Å². The quantitative estimate of drug-likeness (QED) is 0.624. The number of likely N-dealkylation sites (tertiary alicyclic amines) is 1. The summed E-state index contributed by atoms with van der Waals surface area (Å²) >= 11 is 1.29. The third kappa shape index (κ3) is 6.15. The highest BCUT2D eigenvalue weighted by Crippen LogP contribution is 2.35. The lowest BCUT2D eigenvalue weighted by Crippen LogP contribution is -2.43. The van der Waals surface area contributed by atoms with Gasteiger partial charge in [0.05, 0.1) is 31.4 Å². The van der Waals surface area contributed by atoms with E-state index in [9.17, 15) is 14.4 Å². The molecular formula is C23H28N2O5S. The average molecular weight is 445 g/mol. The van der Waals surface area contributed by atoms with Crippen molar-refractivity contribution in [1.82, 2.24) is 4.90 Å². The van der Waals surface area contributed by atoms with Crippen molar-refractivity contribution < 1.29 is 23.9 Å². The fraction of sp³-hybridized carbons (Fsp3) is 0.435. The molecule has 3 rings (SSSR count). The molecule has 31 heavy (non-hydrogen) atoms. The van der Waals surface area contributed by atoms with Crippen LogP contribution in [-0.4, -0.2) is 55.6 Å². The molecule has 0 saturated carbocycles. The van der Waals surface area contributed by atoms with Gasteiger partial charge in [-0.3, -0.25) is 14.5 Å². The van der Waals surface area contributed by atoms with Gasteiger partial charge in [0.1, 0.15) is 4.88 Å². The molecule has 8 heteroatoms. The Labute approximate surface area is 186 Å². The van der Waals surface area contributed by atoms with Gasteiger partial charge in [0.2, 0.25) is 5.91 Å². The first-order valence-electron chi connectivity index (χ1n) is 10.6. The van der Waals surface area contributed by atoms with E-state index in [0.29, 0.717) is 23.7 Å². The van der Waals surface area contributed by atoms with Gasteiger partial charge in [-0.05, 0) is 44.9 Å². The Hall–Kier alpha value is -2.71. The number of benzene rings is 1. The second-order valence-corrected chi connectivity index (χ2v) is 8.37. The number of carbonyl (C=O) groups is 3. The van der Waals surface area contributed by atoms with Crippen LogP contribution in [0.4, 0.5) is 5.69 Å². The zero-order valence-corrected chi connectivity index (χ0v) is 18.7. The number of hydrogen-bond donors (Lipinski definition) is 1. The minimum Gasteiger partial charge on any atom is -0.466 e. The van der Waals surface area contributed by atoms with Crippen molar-refractivity contribution in [2.75, 3.05) is 38.2 Å². The number of nitrogens with zero attached hydrogens (tertiary/aromatic N) is 1. The SMILES string of the molecule is CCOC(=O)c1sc(-c2ccccc2)cc1NC(=O)CN1CCCC(C(=O)OCC)C1. The molecular weight excluding hydrogens is 416 g/mol. The van der Waals surface area contributed by atoms with E-state index in [1.807, 2.05) is 41.3 Å². The zero-order chi connectivity index (χ0) is 22.2. The first kappa shape index (κ1) is 23.0. The predicted octanol–water partition coefficient (Wildman–Crippen LogP) is 3.81. The molecule has 0 bridgehead atoms. The minimum absolute atomic E-state index is 0.148. The summed E-state index contributed by atoms with van der Waals surface area (Å²) in [6.07, 6.45) is 1.61. The molecule has 7 nitrogen and oxygen atoms in total. The van der Waals surface area contributed by atoms with Crippen LogP contribution in [0.3, 0.4) is 0 Å². The van der Waals surface area contributed by atoms with E-state index in [0.717, 1.165) is 29.8 Å². The number of thiophene rings is 1. The van der Waals surface area contributed by atoms with E-state index >= 15 is 0 Å². The van der Waals surface area contributed by atoms with E-state index in [1.165, 1.54) is 11.3 Å². The number of rotatable bonds is 8. The number of piperidine rings is 1. The van der Waals surface area contributed by atoms with Gasteiger partial charge < -0.3 is 14.8 Å². The molecule has 1 aliphatic rings. The summed E-state index contributed by atoms with van der Waals surface area (Å²) in [6, 6.07) is 11.5. The van der Waals surface area contributed by atoms with Crippen LogP contribution in [0.5, 0.6) is 0 Å². The largest absolute Gasteiger partial charge is 0.466 e. The lowest BCUT2D eigenvalue weighted by atomic mass is 9.98. The van der Waals surface area contributed by atoms with Crippen LogP contribution in [0.2, 0.25) is 0 Å². The van der Waals surface area contributed by atoms with Gasteiger partial charge in [0.25, 0.3) is 0 Å². The van der Waals surface area contributed by atoms with Crippen molar-refractivity contribution in [3.63, 3.8) is 0 Å². The Bertz CT molecular complexity index is 912. The van der Waals surface area contributed by atoms with Crippen molar-refractivity contribution >= 4 is 34.9 Å². The summed E-state index contributed by atoms with van der Waals surface area (Å²) in [5.74, 6) is -1.09. The highest BCUT2D eigenvalue weighted by atomic mass is 32.1. The average Bonchev–Trinajstić information content (AvgIpc) is 3.18. The first-order chi connectivity index (χ1) is 15.0. The summed E-state index contributed by atoms with van der Waals surface area (Å²) in [7, 11) is 0. The van der Waals surface area contributed by atoms with Crippen LogP contribution in [0, 0.1) is 5.92 Å². The van der Waals surface area contributed by atoms with Gasteiger partial charge >= 0.3 is 11.9 Å². The molecule has 0 spiro atoms. The third-order valence-electron chi connectivity index (χ3n) is 5.02. The van der Waals surface area contributed by atoms with Crippen molar-refractivity contribution in [2.45, 2.75) is 26.7 Å². The molecule has 2 aromatic rings. The number of anilines is 1. The molecule has 0 radical (unpaired) electrons. The number of esters is 2. The molecule has 1 atom stereocenters. The number of carbonyl (C=O) groups excluding carboxylic acids is 3. The topological polar surface area (TPSA) is 84.9 Å². The molecule has 1 aliphatic heterocycles. The van der Waals surface area contributed by atoms with Crippen molar-refractivity contribution in [2.24, 2.45) is 5.92 Å². The van der Waals surface area contributed by atoms with Crippen molar-refractivity contribution in [3.05, 3.63) is 41.3 Å². The van der Waals surface area contributed by atoms with Gasteiger partial charge in [-0.1, -0.05) is 30.3 Å². The lowest BCUT2D eigenvalue weighted by molar-refractivity contribution is -0.150. The van der Waals surface area contributed by atoms with Crippen LogP contribution in [0.25, 0.3) is 10.4 Å². The maximum absolute atomic E-state index is 12.7. The molecule has 1 fully saturated rings. The molecule has 1 aromatic carbocycles. The highest BCUT2D eigenvalue weighted by molar-refractivity contribution is 7.18. The Morgan fingerprint density at radius 1 is 1.13 bits per heavy atom. The van der Waals surface area contributed by atoms with Gasteiger partial charge in [-0.2, -0.15) is 0 Å². The van der Waals surface area contributed by atoms with Crippen molar-refractivity contribution in [1.29, 1.82) is 0 Å². The maximum atomic E-state index is 12.7. The summed E-state index contributed by atoms with van der Waals surface area (Å²) in [4.78, 5) is 40.4. The summed E-state index contributed by atoms with van der Waals surface area (Å²) < 4.78 is 10.3. The van der Waals surface area contributed by atoms with Crippen LogP contribution in [-0.2, 0) is 19.1 Å². The predicted molar refractivity (Wildman–Crippen MR) is 120 cm³/mol. The zero-order valence-electron chi connectivity index (χ0n) is 17.9. The molecule has 1 amide bonds. The van der Waals surface area contributed by atoms with Gasteiger partial charge in [-0.15, -0.1) is 11.3 Å². The molecule has 1 saturated heterocycles. The second-order valence-electron chi connectivity index (χ2n) is 7.31. The molecule has 2 heterocycles. The van der Waals surface area contributed by atoms with Crippen LogP contribution in [0.1, 0.15) is 36.4 Å². The van der Waals surface area contributed by atoms with Crippen LogP contribution < -0.4 is 5.32 Å². The molecule has 1 aromatic heterocycles. The monoisotopic (exact) mass is 444 g/mol. The normalized spacial score (nSPS) is 16.5. The van der Waals surface area contributed by atoms with Crippen LogP contribution >= 0.6 is 11.3 Å². The number of ether oxygens (including phenoxy) is 2. The summed E-state index contributed by atoms with van der Waals surface area (Å²) in [5.41, 5.74) is 1.41. The second kappa shape index (κ2) is 11.1. The number of nitrogens with one attached hydrogen (secondary N) is 1. The first-order valence-corrected chi connectivity index (χ1v) is 11.4. The molecule has 1 N–H and O–H groups in total. The highest BCUT2D eigenvalue weighted by Gasteiger charge is 2.28. The lowest BCUT2D eigenvalue weighted by Gasteiger charge is -2.30. The Morgan fingerprint density at radius 2 is 1.87 bits per heavy atom. The standard InChI is InChI=1S/C23H28N2O5S/c1-3-29-22(27)17-11-8-12-25(14-17)15-20(26)24-18-13-19(16-9-6-5-7-10-16)31-21(18)23(28)30-4-2/h5-7,9-10,13,17H,3-4,8,11-12,14-15H2,1-2H3,(H,24,26). The third-order valence-corrected chi connectivity index (χ3v) is 6.18. The van der Waals surface area contributed by atoms with Gasteiger partial charge in [0.15, 0.2) is 0 Å². The Balaban J connectivity index is 1.70. The van der Waals surface area contributed by atoms with Crippen molar-refractivity contribution in [3.8, 4) is 10.4 Å². The molecule has 1 unspecified atom stereocenters. The fourth-order valence-corrected chi connectivity index (χ4v) is 4.63.